The van der Waals surface area contributed by atoms with Crippen molar-refractivity contribution in [1.82, 2.24) is 15.1 Å². The summed E-state index contributed by atoms with van der Waals surface area (Å²) in [4.78, 5) is 12.7. The number of para-hydroxylation sites is 1. The minimum atomic E-state index is -2.91. The molecule has 154 valence electrons. The quantitative estimate of drug-likeness (QED) is 0.679. The van der Waals surface area contributed by atoms with Gasteiger partial charge in [-0.05, 0) is 32.3 Å². The lowest BCUT2D eigenvalue weighted by Crippen LogP contribution is -2.30. The Morgan fingerprint density at radius 2 is 1.93 bits per heavy atom. The van der Waals surface area contributed by atoms with E-state index in [1.165, 1.54) is 6.07 Å². The molecule has 1 atom stereocenters. The Hall–Kier alpha value is -2.44. The average Bonchev–Trinajstić information content (AvgIpc) is 2.86. The van der Waals surface area contributed by atoms with Crippen LogP contribution in [0.5, 0.6) is 5.75 Å². The number of carbonyl (C=O) groups is 1. The summed E-state index contributed by atoms with van der Waals surface area (Å²) in [5.41, 5.74) is 3.27. The number of benzene rings is 1. The van der Waals surface area contributed by atoms with Gasteiger partial charge in [-0.3, -0.25) is 9.48 Å². The number of nitrogens with one attached hydrogen (secondary N) is 1. The Labute approximate surface area is 165 Å². The molecule has 1 aromatic carbocycles. The molecular formula is C21H29F2N3O2. The Bertz CT molecular complexity index is 803. The standard InChI is InChI=1S/C21H29F2N3O2/c1-6-18(16-9-7-8-10-19(16)28-21(22)23)24-20(27)11-17-14(4)25-26(15(17)5)12-13(2)3/h7-10,13,18,21H,6,11-12H2,1-5H3,(H,24,27). The number of aromatic nitrogens is 2. The zero-order valence-corrected chi connectivity index (χ0v) is 17.1. The number of carbonyl (C=O) groups excluding carboxylic acids is 1. The van der Waals surface area contributed by atoms with Crippen molar-refractivity contribution >= 4 is 5.91 Å². The van der Waals surface area contributed by atoms with Gasteiger partial charge >= 0.3 is 6.61 Å². The molecule has 2 rings (SSSR count). The fourth-order valence-electron chi connectivity index (χ4n) is 3.29. The molecule has 5 nitrogen and oxygen atoms in total. The smallest absolute Gasteiger partial charge is 0.387 e. The second-order valence-corrected chi connectivity index (χ2v) is 7.35. The molecule has 1 N–H and O–H groups in total. The Balaban J connectivity index is 2.15. The first-order valence-electron chi connectivity index (χ1n) is 9.58. The maximum atomic E-state index is 12.7. The number of nitrogens with zero attached hydrogens (tertiary/aromatic N) is 2. The van der Waals surface area contributed by atoms with E-state index in [0.29, 0.717) is 17.9 Å². The van der Waals surface area contributed by atoms with Crippen LogP contribution in [0.15, 0.2) is 24.3 Å². The third-order valence-corrected chi connectivity index (χ3v) is 4.66. The molecule has 0 fully saturated rings. The van der Waals surface area contributed by atoms with E-state index in [-0.39, 0.29) is 18.1 Å². The molecule has 0 spiro atoms. The second kappa shape index (κ2) is 9.66. The minimum Gasteiger partial charge on any atom is -0.434 e. The first kappa shape index (κ1) is 21.9. The summed E-state index contributed by atoms with van der Waals surface area (Å²) in [5, 5.41) is 7.49. The maximum Gasteiger partial charge on any atom is 0.387 e. The zero-order valence-electron chi connectivity index (χ0n) is 17.1. The summed E-state index contributed by atoms with van der Waals surface area (Å²) in [6, 6.07) is 6.15. The van der Waals surface area contributed by atoms with E-state index >= 15 is 0 Å². The Morgan fingerprint density at radius 3 is 2.54 bits per heavy atom. The predicted molar refractivity (Wildman–Crippen MR) is 104 cm³/mol. The number of aryl methyl sites for hydroxylation is 1. The fourth-order valence-corrected chi connectivity index (χ4v) is 3.29. The van der Waals surface area contributed by atoms with Gasteiger partial charge in [-0.1, -0.05) is 39.0 Å². The van der Waals surface area contributed by atoms with E-state index in [0.717, 1.165) is 23.5 Å². The first-order chi connectivity index (χ1) is 13.2. The SMILES string of the molecule is CCC(NC(=O)Cc1c(C)nn(CC(C)C)c1C)c1ccccc1OC(F)F. The average molecular weight is 393 g/mol. The van der Waals surface area contributed by atoms with Crippen molar-refractivity contribution in [3.8, 4) is 5.75 Å². The normalized spacial score (nSPS) is 12.5. The second-order valence-electron chi connectivity index (χ2n) is 7.35. The highest BCUT2D eigenvalue weighted by atomic mass is 19.3. The zero-order chi connectivity index (χ0) is 20.8. The Morgan fingerprint density at radius 1 is 1.25 bits per heavy atom. The molecule has 7 heteroatoms. The van der Waals surface area contributed by atoms with E-state index in [4.69, 9.17) is 0 Å². The number of halogens is 2. The third-order valence-electron chi connectivity index (χ3n) is 4.66. The highest BCUT2D eigenvalue weighted by molar-refractivity contribution is 5.79. The van der Waals surface area contributed by atoms with E-state index < -0.39 is 12.7 Å². The molecule has 0 aliphatic carbocycles. The van der Waals surface area contributed by atoms with E-state index in [2.05, 4.69) is 29.0 Å². The van der Waals surface area contributed by atoms with Crippen LogP contribution in [0.4, 0.5) is 8.78 Å². The number of rotatable bonds is 9. The van der Waals surface area contributed by atoms with Gasteiger partial charge in [0.2, 0.25) is 5.91 Å². The monoisotopic (exact) mass is 393 g/mol. The van der Waals surface area contributed by atoms with Gasteiger partial charge in [0.05, 0.1) is 18.2 Å². The number of ether oxygens (including phenoxy) is 1. The van der Waals surface area contributed by atoms with Gasteiger partial charge < -0.3 is 10.1 Å². The molecule has 2 aromatic rings. The molecule has 1 aromatic heterocycles. The highest BCUT2D eigenvalue weighted by Crippen LogP contribution is 2.28. The van der Waals surface area contributed by atoms with Gasteiger partial charge in [0, 0.05) is 23.4 Å². The first-order valence-corrected chi connectivity index (χ1v) is 9.58. The summed E-state index contributed by atoms with van der Waals surface area (Å²) in [7, 11) is 0. The molecule has 0 radical (unpaired) electrons. The lowest BCUT2D eigenvalue weighted by Gasteiger charge is -2.20. The van der Waals surface area contributed by atoms with Crippen molar-refractivity contribution in [1.29, 1.82) is 0 Å². The molecule has 28 heavy (non-hydrogen) atoms. The summed E-state index contributed by atoms with van der Waals surface area (Å²) in [6.45, 7) is 7.88. The Kier molecular flexibility index (Phi) is 7.54. The van der Waals surface area contributed by atoms with Gasteiger partial charge in [-0.15, -0.1) is 0 Å². The molecule has 0 aliphatic heterocycles. The van der Waals surface area contributed by atoms with E-state index in [1.54, 1.807) is 18.2 Å². The number of amides is 1. The van der Waals surface area contributed by atoms with Crippen molar-refractivity contribution in [2.24, 2.45) is 5.92 Å². The van der Waals surface area contributed by atoms with Crippen molar-refractivity contribution in [3.63, 3.8) is 0 Å². The van der Waals surface area contributed by atoms with Crippen LogP contribution < -0.4 is 10.1 Å². The van der Waals surface area contributed by atoms with Crippen LogP contribution in [0.25, 0.3) is 0 Å². The van der Waals surface area contributed by atoms with Gasteiger partial charge in [0.15, 0.2) is 0 Å². The molecule has 0 aliphatic rings. The summed E-state index contributed by atoms with van der Waals surface area (Å²) < 4.78 is 31.9. The molecule has 0 bridgehead atoms. The predicted octanol–water partition coefficient (Wildman–Crippen LogP) is 4.57. The van der Waals surface area contributed by atoms with Crippen LogP contribution in [-0.4, -0.2) is 22.3 Å². The third kappa shape index (κ3) is 5.53. The number of alkyl halides is 2. The van der Waals surface area contributed by atoms with Crippen LogP contribution in [0, 0.1) is 19.8 Å². The molecule has 1 unspecified atom stereocenters. The lowest BCUT2D eigenvalue weighted by molar-refractivity contribution is -0.121. The number of hydrogen-bond acceptors (Lipinski definition) is 3. The summed E-state index contributed by atoms with van der Waals surface area (Å²) >= 11 is 0. The molecule has 0 saturated carbocycles. The van der Waals surface area contributed by atoms with Crippen molar-refractivity contribution in [3.05, 3.63) is 46.8 Å². The van der Waals surface area contributed by atoms with Crippen molar-refractivity contribution < 1.29 is 18.3 Å². The van der Waals surface area contributed by atoms with Gasteiger partial charge in [0.25, 0.3) is 0 Å². The maximum absolute atomic E-state index is 12.7. The highest BCUT2D eigenvalue weighted by Gasteiger charge is 2.21. The van der Waals surface area contributed by atoms with Crippen LogP contribution in [-0.2, 0) is 17.8 Å². The summed E-state index contributed by atoms with van der Waals surface area (Å²) in [5.74, 6) is 0.367. The van der Waals surface area contributed by atoms with Crippen LogP contribution in [0.2, 0.25) is 0 Å². The lowest BCUT2D eigenvalue weighted by atomic mass is 10.0. The van der Waals surface area contributed by atoms with E-state index in [9.17, 15) is 13.6 Å². The van der Waals surface area contributed by atoms with Gasteiger partial charge in [-0.2, -0.15) is 13.9 Å². The molecular weight excluding hydrogens is 364 g/mol. The van der Waals surface area contributed by atoms with Crippen molar-refractivity contribution in [2.45, 2.75) is 66.7 Å². The van der Waals surface area contributed by atoms with E-state index in [1.807, 2.05) is 25.5 Å². The minimum absolute atomic E-state index is 0.0850. The van der Waals surface area contributed by atoms with Crippen LogP contribution in [0.3, 0.4) is 0 Å². The van der Waals surface area contributed by atoms with Gasteiger partial charge in [-0.25, -0.2) is 0 Å². The van der Waals surface area contributed by atoms with Gasteiger partial charge in [0.1, 0.15) is 5.75 Å². The molecule has 1 amide bonds. The van der Waals surface area contributed by atoms with Crippen LogP contribution >= 0.6 is 0 Å². The van der Waals surface area contributed by atoms with Crippen LogP contribution in [0.1, 0.15) is 55.7 Å². The topological polar surface area (TPSA) is 56.2 Å². The largest absolute Gasteiger partial charge is 0.434 e. The summed E-state index contributed by atoms with van der Waals surface area (Å²) in [6.07, 6.45) is 0.754. The fraction of sp³-hybridized carbons (Fsp3) is 0.524. The molecule has 0 saturated heterocycles. The van der Waals surface area contributed by atoms with Crippen molar-refractivity contribution in [2.75, 3.05) is 0 Å². The number of hydrogen-bond donors (Lipinski definition) is 1. The molecule has 1 heterocycles.